The fraction of sp³-hybridized carbons (Fsp3) is 0.200. The normalized spacial score (nSPS) is 11.8. The van der Waals surface area contributed by atoms with E-state index in [1.807, 2.05) is 30.3 Å². The zero-order valence-corrected chi connectivity index (χ0v) is 7.19. The van der Waals surface area contributed by atoms with Crippen molar-refractivity contribution in [2.24, 2.45) is 0 Å². The van der Waals surface area contributed by atoms with Gasteiger partial charge in [0.2, 0.25) is 0 Å². The molecule has 1 aromatic rings. The van der Waals surface area contributed by atoms with Gasteiger partial charge in [-0.25, -0.2) is 4.79 Å². The van der Waals surface area contributed by atoms with E-state index in [9.17, 15) is 9.59 Å². The van der Waals surface area contributed by atoms with Crippen molar-refractivity contribution in [1.29, 1.82) is 0 Å². The van der Waals surface area contributed by atoms with E-state index in [1.54, 1.807) is 6.92 Å². The molecule has 0 spiro atoms. The van der Waals surface area contributed by atoms with Crippen LogP contribution in [0.3, 0.4) is 0 Å². The van der Waals surface area contributed by atoms with Crippen LogP contribution in [-0.2, 0) is 14.3 Å². The molecule has 0 amide bonds. The van der Waals surface area contributed by atoms with Crippen molar-refractivity contribution in [3.63, 3.8) is 0 Å². The second-order valence-corrected chi connectivity index (χ2v) is 2.56. The summed E-state index contributed by atoms with van der Waals surface area (Å²) in [5.74, 6) is -0.962. The number of hydrogen-bond acceptors (Lipinski definition) is 3. The highest BCUT2D eigenvalue weighted by molar-refractivity contribution is 6.20. The molecule has 1 radical (unpaired) electrons. The van der Waals surface area contributed by atoms with Crippen LogP contribution in [0.1, 0.15) is 18.6 Å². The molecular formula is C10H9O3. The van der Waals surface area contributed by atoms with Gasteiger partial charge < -0.3 is 4.74 Å². The lowest BCUT2D eigenvalue weighted by atomic mass is 10.1. The molecule has 1 atom stereocenters. The van der Waals surface area contributed by atoms with E-state index in [0.29, 0.717) is 0 Å². The third kappa shape index (κ3) is 2.71. The van der Waals surface area contributed by atoms with Crippen LogP contribution >= 0.6 is 0 Å². The molecule has 0 saturated heterocycles. The molecule has 0 fully saturated rings. The molecular weight excluding hydrogens is 168 g/mol. The first-order valence-electron chi connectivity index (χ1n) is 3.87. The molecule has 13 heavy (non-hydrogen) atoms. The average molecular weight is 177 g/mol. The van der Waals surface area contributed by atoms with Crippen molar-refractivity contribution in [2.75, 3.05) is 0 Å². The third-order valence-electron chi connectivity index (χ3n) is 1.64. The zero-order valence-electron chi connectivity index (χ0n) is 7.19. The summed E-state index contributed by atoms with van der Waals surface area (Å²) in [7, 11) is 0. The van der Waals surface area contributed by atoms with E-state index >= 15 is 0 Å². The first kappa shape index (κ1) is 9.45. The van der Waals surface area contributed by atoms with Crippen molar-refractivity contribution < 1.29 is 14.3 Å². The lowest BCUT2D eigenvalue weighted by Gasteiger charge is -2.10. The second-order valence-electron chi connectivity index (χ2n) is 2.56. The fourth-order valence-electron chi connectivity index (χ4n) is 0.977. The SMILES string of the molecule is CC(OC(=O)[C]=O)c1ccccc1. The number of ether oxygens (including phenoxy) is 1. The van der Waals surface area contributed by atoms with Gasteiger partial charge in [0.05, 0.1) is 0 Å². The van der Waals surface area contributed by atoms with Gasteiger partial charge in [-0.15, -0.1) is 0 Å². The molecule has 0 aliphatic carbocycles. The minimum atomic E-state index is -0.962. The Morgan fingerprint density at radius 2 is 2.00 bits per heavy atom. The van der Waals surface area contributed by atoms with Crippen LogP contribution in [0.2, 0.25) is 0 Å². The summed E-state index contributed by atoms with van der Waals surface area (Å²) in [6.07, 6.45) is 0.747. The van der Waals surface area contributed by atoms with Gasteiger partial charge in [0.15, 0.2) is 0 Å². The van der Waals surface area contributed by atoms with E-state index in [4.69, 9.17) is 4.74 Å². The highest BCUT2D eigenvalue weighted by Crippen LogP contribution is 2.15. The van der Waals surface area contributed by atoms with Crippen LogP contribution in [0.25, 0.3) is 0 Å². The predicted octanol–water partition coefficient (Wildman–Crippen LogP) is 1.40. The highest BCUT2D eigenvalue weighted by Gasteiger charge is 2.10. The smallest absolute Gasteiger partial charge is 0.384 e. The second kappa shape index (κ2) is 4.40. The molecule has 3 heteroatoms. The Morgan fingerprint density at radius 3 is 2.54 bits per heavy atom. The molecule has 0 heterocycles. The minimum Gasteiger partial charge on any atom is -0.452 e. The van der Waals surface area contributed by atoms with Gasteiger partial charge in [-0.1, -0.05) is 30.3 Å². The quantitative estimate of drug-likeness (QED) is 0.517. The van der Waals surface area contributed by atoms with Gasteiger partial charge in [-0.05, 0) is 12.5 Å². The lowest BCUT2D eigenvalue weighted by molar-refractivity contribution is -0.140. The van der Waals surface area contributed by atoms with Crippen LogP contribution in [0.15, 0.2) is 30.3 Å². The number of carbonyl (C=O) groups excluding carboxylic acids is 2. The lowest BCUT2D eigenvalue weighted by Crippen LogP contribution is -2.09. The summed E-state index contributed by atoms with van der Waals surface area (Å²) < 4.78 is 4.72. The van der Waals surface area contributed by atoms with E-state index in [1.165, 1.54) is 0 Å². The van der Waals surface area contributed by atoms with Crippen molar-refractivity contribution in [3.8, 4) is 0 Å². The Morgan fingerprint density at radius 1 is 1.38 bits per heavy atom. The molecule has 0 aliphatic rings. The van der Waals surface area contributed by atoms with E-state index in [0.717, 1.165) is 11.8 Å². The number of hydrogen-bond donors (Lipinski definition) is 0. The molecule has 0 saturated carbocycles. The maximum Gasteiger partial charge on any atom is 0.384 e. The summed E-state index contributed by atoms with van der Waals surface area (Å²) in [5, 5.41) is 0. The van der Waals surface area contributed by atoms with Gasteiger partial charge in [0.25, 0.3) is 0 Å². The number of esters is 1. The molecule has 0 bridgehead atoms. The summed E-state index contributed by atoms with van der Waals surface area (Å²) in [4.78, 5) is 20.4. The Kier molecular flexibility index (Phi) is 3.20. The van der Waals surface area contributed by atoms with Crippen LogP contribution in [-0.4, -0.2) is 12.3 Å². The largest absolute Gasteiger partial charge is 0.452 e. The molecule has 0 N–H and O–H groups in total. The van der Waals surface area contributed by atoms with Crippen molar-refractivity contribution in [3.05, 3.63) is 35.9 Å². The molecule has 1 unspecified atom stereocenters. The number of carbonyl (C=O) groups is 1. The van der Waals surface area contributed by atoms with Crippen molar-refractivity contribution >= 4 is 12.3 Å². The molecule has 67 valence electrons. The number of rotatable bonds is 3. The van der Waals surface area contributed by atoms with E-state index in [2.05, 4.69) is 0 Å². The monoisotopic (exact) mass is 177 g/mol. The average Bonchev–Trinajstić information content (AvgIpc) is 2.19. The van der Waals surface area contributed by atoms with Crippen molar-refractivity contribution in [1.82, 2.24) is 0 Å². The van der Waals surface area contributed by atoms with Gasteiger partial charge >= 0.3 is 12.3 Å². The predicted molar refractivity (Wildman–Crippen MR) is 46.6 cm³/mol. The van der Waals surface area contributed by atoms with E-state index < -0.39 is 12.1 Å². The van der Waals surface area contributed by atoms with Crippen LogP contribution < -0.4 is 0 Å². The minimum absolute atomic E-state index is 0.407. The van der Waals surface area contributed by atoms with Gasteiger partial charge in [0, 0.05) is 0 Å². The first-order valence-corrected chi connectivity index (χ1v) is 3.87. The Balaban J connectivity index is 2.63. The summed E-state index contributed by atoms with van der Waals surface area (Å²) in [6.45, 7) is 1.70. The maximum absolute atomic E-state index is 10.5. The van der Waals surface area contributed by atoms with Gasteiger partial charge in [0.1, 0.15) is 6.10 Å². The summed E-state index contributed by atoms with van der Waals surface area (Å²) in [5.41, 5.74) is 0.853. The summed E-state index contributed by atoms with van der Waals surface area (Å²) >= 11 is 0. The topological polar surface area (TPSA) is 43.4 Å². The Labute approximate surface area is 76.3 Å². The van der Waals surface area contributed by atoms with Crippen LogP contribution in [0, 0.1) is 0 Å². The molecule has 3 nitrogen and oxygen atoms in total. The van der Waals surface area contributed by atoms with Crippen molar-refractivity contribution in [2.45, 2.75) is 13.0 Å². The van der Waals surface area contributed by atoms with Gasteiger partial charge in [-0.2, -0.15) is 0 Å². The summed E-state index contributed by atoms with van der Waals surface area (Å²) in [6, 6.07) is 9.18. The zero-order chi connectivity index (χ0) is 9.68. The number of benzene rings is 1. The molecule has 1 rings (SSSR count). The molecule has 0 aliphatic heterocycles. The standard InChI is InChI=1S/C10H9O3/c1-8(13-10(12)7-11)9-5-3-2-4-6-9/h2-6,8H,1H3. The third-order valence-corrected chi connectivity index (χ3v) is 1.64. The van der Waals surface area contributed by atoms with Crippen LogP contribution in [0.4, 0.5) is 0 Å². The Bertz CT molecular complexity index is 292. The van der Waals surface area contributed by atoms with E-state index in [-0.39, 0.29) is 0 Å². The fourth-order valence-corrected chi connectivity index (χ4v) is 0.977. The molecule has 1 aromatic carbocycles. The first-order chi connectivity index (χ1) is 6.24. The Hall–Kier alpha value is -1.64. The maximum atomic E-state index is 10.5. The van der Waals surface area contributed by atoms with Crippen LogP contribution in [0.5, 0.6) is 0 Å². The van der Waals surface area contributed by atoms with Gasteiger partial charge in [-0.3, -0.25) is 4.79 Å². The molecule has 0 aromatic heterocycles. The highest BCUT2D eigenvalue weighted by atomic mass is 16.5.